The van der Waals surface area contributed by atoms with Crippen molar-refractivity contribution in [1.82, 2.24) is 0 Å². The molecule has 2 atom stereocenters. The first kappa shape index (κ1) is 8.59. The van der Waals surface area contributed by atoms with Gasteiger partial charge in [-0.05, 0) is 0 Å². The summed E-state index contributed by atoms with van der Waals surface area (Å²) in [5.41, 5.74) is 10.2. The van der Waals surface area contributed by atoms with E-state index in [1.54, 1.807) is 0 Å². The smallest absolute Gasteiger partial charge is 0.242 e. The molecule has 2 unspecified atom stereocenters. The fourth-order valence-electron chi connectivity index (χ4n) is 0.0659. The van der Waals surface area contributed by atoms with Crippen LogP contribution >= 0.6 is 31.8 Å². The SMILES string of the molecule is NC(=O)C(N)(P)CI. The number of halogens is 1. The van der Waals surface area contributed by atoms with Crippen LogP contribution in [0, 0.1) is 0 Å². The number of hydrogen-bond donors (Lipinski definition) is 2. The molecule has 1 amide bonds. The number of rotatable bonds is 2. The van der Waals surface area contributed by atoms with Gasteiger partial charge in [-0.2, -0.15) is 0 Å². The van der Waals surface area contributed by atoms with Gasteiger partial charge in [0, 0.05) is 4.43 Å². The highest BCUT2D eigenvalue weighted by atomic mass is 127. The Bertz CT molecular complexity index is 105. The molecule has 5 heteroatoms. The van der Waals surface area contributed by atoms with Gasteiger partial charge < -0.3 is 11.5 Å². The molecular formula is C3H8IN2OP. The van der Waals surface area contributed by atoms with E-state index < -0.39 is 11.2 Å². The Labute approximate surface area is 63.9 Å². The van der Waals surface area contributed by atoms with Crippen LogP contribution in [0.4, 0.5) is 0 Å². The molecule has 0 aromatic heterocycles. The molecular weight excluding hydrogens is 238 g/mol. The highest BCUT2D eigenvalue weighted by Crippen LogP contribution is 2.12. The van der Waals surface area contributed by atoms with Crippen LogP contribution in [0.2, 0.25) is 0 Å². The van der Waals surface area contributed by atoms with Crippen LogP contribution in [0.1, 0.15) is 0 Å². The third kappa shape index (κ3) is 2.24. The average molecular weight is 246 g/mol. The fourth-order valence-corrected chi connectivity index (χ4v) is 0.442. The van der Waals surface area contributed by atoms with E-state index in [2.05, 4.69) is 9.24 Å². The van der Waals surface area contributed by atoms with E-state index in [4.69, 9.17) is 11.5 Å². The van der Waals surface area contributed by atoms with Crippen LogP contribution in [0.3, 0.4) is 0 Å². The molecule has 0 heterocycles. The standard InChI is InChI=1S/C3H8IN2OP/c4-1-3(6,8)2(5)7/h1,6,8H2,(H2,5,7). The quantitative estimate of drug-likeness (QED) is 0.389. The van der Waals surface area contributed by atoms with Crippen LogP contribution < -0.4 is 11.5 Å². The molecule has 3 nitrogen and oxygen atoms in total. The van der Waals surface area contributed by atoms with Crippen molar-refractivity contribution in [1.29, 1.82) is 0 Å². The maximum atomic E-state index is 10.3. The summed E-state index contributed by atoms with van der Waals surface area (Å²) in [7, 11) is 2.20. The van der Waals surface area contributed by atoms with E-state index in [9.17, 15) is 4.79 Å². The minimum absolute atomic E-state index is 0.489. The Morgan fingerprint density at radius 2 is 2.25 bits per heavy atom. The molecule has 0 aromatic carbocycles. The van der Waals surface area contributed by atoms with Crippen molar-refractivity contribution in [3.63, 3.8) is 0 Å². The number of amides is 1. The van der Waals surface area contributed by atoms with Crippen molar-refractivity contribution in [3.8, 4) is 0 Å². The zero-order chi connectivity index (χ0) is 6.78. The molecule has 0 radical (unpaired) electrons. The molecule has 4 N–H and O–H groups in total. The molecule has 0 aliphatic rings. The fraction of sp³-hybridized carbons (Fsp3) is 0.667. The summed E-state index contributed by atoms with van der Waals surface area (Å²) in [4.78, 5) is 10.3. The summed E-state index contributed by atoms with van der Waals surface area (Å²) in [6.07, 6.45) is 0. The van der Waals surface area contributed by atoms with Gasteiger partial charge in [0.25, 0.3) is 0 Å². The summed E-state index contributed by atoms with van der Waals surface area (Å²) in [5, 5.41) is -0.916. The van der Waals surface area contributed by atoms with Crippen molar-refractivity contribution in [3.05, 3.63) is 0 Å². The van der Waals surface area contributed by atoms with Crippen molar-refractivity contribution >= 4 is 37.7 Å². The number of nitrogens with two attached hydrogens (primary N) is 2. The Balaban J connectivity index is 3.91. The summed E-state index contributed by atoms with van der Waals surface area (Å²) in [5.74, 6) is -0.489. The average Bonchev–Trinajstić information content (AvgIpc) is 1.67. The van der Waals surface area contributed by atoms with Crippen LogP contribution in [0.25, 0.3) is 0 Å². The molecule has 48 valence electrons. The van der Waals surface area contributed by atoms with Gasteiger partial charge >= 0.3 is 0 Å². The van der Waals surface area contributed by atoms with E-state index >= 15 is 0 Å². The normalized spacial score (nSPS) is 17.4. The summed E-state index contributed by atoms with van der Waals surface area (Å²) in [6.45, 7) is 0. The third-order valence-corrected chi connectivity index (χ3v) is 3.26. The van der Waals surface area contributed by atoms with E-state index in [0.29, 0.717) is 4.43 Å². The largest absolute Gasteiger partial charge is 0.368 e. The van der Waals surface area contributed by atoms with Gasteiger partial charge in [-0.1, -0.05) is 22.6 Å². The highest BCUT2D eigenvalue weighted by Gasteiger charge is 2.23. The van der Waals surface area contributed by atoms with Gasteiger partial charge in [0.1, 0.15) is 5.28 Å². The van der Waals surface area contributed by atoms with Crippen molar-refractivity contribution in [2.45, 2.75) is 5.28 Å². The van der Waals surface area contributed by atoms with Crippen molar-refractivity contribution < 1.29 is 4.79 Å². The first-order valence-electron chi connectivity index (χ1n) is 1.94. The van der Waals surface area contributed by atoms with Gasteiger partial charge in [0.05, 0.1) is 0 Å². The monoisotopic (exact) mass is 246 g/mol. The predicted molar refractivity (Wildman–Crippen MR) is 44.7 cm³/mol. The van der Waals surface area contributed by atoms with E-state index in [-0.39, 0.29) is 0 Å². The zero-order valence-electron chi connectivity index (χ0n) is 4.23. The Morgan fingerprint density at radius 1 is 1.88 bits per heavy atom. The van der Waals surface area contributed by atoms with Gasteiger partial charge in [-0.3, -0.25) is 4.79 Å². The lowest BCUT2D eigenvalue weighted by molar-refractivity contribution is -0.119. The zero-order valence-corrected chi connectivity index (χ0v) is 7.54. The molecule has 0 rings (SSSR count). The first-order chi connectivity index (χ1) is 3.50. The van der Waals surface area contributed by atoms with Crippen LogP contribution in [0.5, 0.6) is 0 Å². The molecule has 0 saturated carbocycles. The second-order valence-corrected chi connectivity index (χ2v) is 3.33. The number of carbonyl (C=O) groups is 1. The van der Waals surface area contributed by atoms with E-state index in [1.807, 2.05) is 22.6 Å². The third-order valence-electron chi connectivity index (χ3n) is 0.680. The summed E-state index contributed by atoms with van der Waals surface area (Å²) >= 11 is 2.00. The Hall–Kier alpha value is 0.590. The number of primary amides is 1. The lowest BCUT2D eigenvalue weighted by atomic mass is 10.3. The van der Waals surface area contributed by atoms with Crippen molar-refractivity contribution in [2.24, 2.45) is 11.5 Å². The highest BCUT2D eigenvalue weighted by molar-refractivity contribution is 14.1. The number of hydrogen-bond acceptors (Lipinski definition) is 2. The molecule has 0 aliphatic carbocycles. The van der Waals surface area contributed by atoms with Gasteiger partial charge in [0.15, 0.2) is 0 Å². The Kier molecular flexibility index (Phi) is 3.16. The maximum Gasteiger partial charge on any atom is 0.242 e. The lowest BCUT2D eigenvalue weighted by Gasteiger charge is -2.15. The van der Waals surface area contributed by atoms with Crippen LogP contribution in [0.15, 0.2) is 0 Å². The Morgan fingerprint density at radius 3 is 2.25 bits per heavy atom. The summed E-state index contributed by atoms with van der Waals surface area (Å²) < 4.78 is 0.519. The number of carbonyl (C=O) groups excluding carboxylic acids is 1. The summed E-state index contributed by atoms with van der Waals surface area (Å²) in [6, 6.07) is 0. The second kappa shape index (κ2) is 2.94. The lowest BCUT2D eigenvalue weighted by Crippen LogP contribution is -2.47. The molecule has 0 saturated heterocycles. The molecule has 0 bridgehead atoms. The van der Waals surface area contributed by atoms with Crippen LogP contribution in [-0.4, -0.2) is 15.6 Å². The maximum absolute atomic E-state index is 10.3. The van der Waals surface area contributed by atoms with E-state index in [0.717, 1.165) is 0 Å². The molecule has 0 spiro atoms. The minimum Gasteiger partial charge on any atom is -0.368 e. The molecule has 0 aromatic rings. The topological polar surface area (TPSA) is 69.1 Å². The minimum atomic E-state index is -0.916. The van der Waals surface area contributed by atoms with Gasteiger partial charge in [-0.25, -0.2) is 0 Å². The van der Waals surface area contributed by atoms with E-state index in [1.165, 1.54) is 0 Å². The second-order valence-electron chi connectivity index (χ2n) is 1.54. The number of alkyl halides is 1. The molecule has 8 heavy (non-hydrogen) atoms. The molecule has 0 fully saturated rings. The van der Waals surface area contributed by atoms with Gasteiger partial charge in [0.2, 0.25) is 5.91 Å². The van der Waals surface area contributed by atoms with Crippen molar-refractivity contribution in [2.75, 3.05) is 4.43 Å². The molecule has 0 aliphatic heterocycles. The first-order valence-corrected chi connectivity index (χ1v) is 4.04. The van der Waals surface area contributed by atoms with Gasteiger partial charge in [-0.15, -0.1) is 9.24 Å². The van der Waals surface area contributed by atoms with Crippen LogP contribution in [-0.2, 0) is 4.79 Å². The predicted octanol–water partition coefficient (Wildman–Crippen LogP) is -0.563.